The number of ether oxygens (including phenoxy) is 1. The molecule has 0 bridgehead atoms. The summed E-state index contributed by atoms with van der Waals surface area (Å²) in [6.07, 6.45) is 2.56. The van der Waals surface area contributed by atoms with Crippen molar-refractivity contribution in [3.8, 4) is 0 Å². The second kappa shape index (κ2) is 6.05. The Bertz CT molecular complexity index is 126. The normalized spacial score (nSPS) is 17.6. The molecule has 1 aliphatic heterocycles. The van der Waals surface area contributed by atoms with Crippen molar-refractivity contribution in [1.29, 1.82) is 0 Å². The highest BCUT2D eigenvalue weighted by molar-refractivity contribution is 6.90. The van der Waals surface area contributed by atoms with Gasteiger partial charge in [-0.2, -0.15) is 0 Å². The van der Waals surface area contributed by atoms with Crippen LogP contribution in [0.2, 0.25) is 39.3 Å². The Labute approximate surface area is 91.6 Å². The van der Waals surface area contributed by atoms with Crippen molar-refractivity contribution in [2.75, 3.05) is 13.2 Å². The van der Waals surface area contributed by atoms with Crippen LogP contribution in [0.4, 0.5) is 0 Å². The van der Waals surface area contributed by atoms with Crippen LogP contribution in [0.3, 0.4) is 0 Å². The molecule has 2 nitrogen and oxygen atoms in total. The molecule has 0 saturated carbocycles. The van der Waals surface area contributed by atoms with Gasteiger partial charge in [0.15, 0.2) is 0 Å². The monoisotopic (exact) mass is 233 g/mol. The first kappa shape index (κ1) is 14.4. The van der Waals surface area contributed by atoms with Crippen LogP contribution >= 0.6 is 0 Å². The molecule has 1 fully saturated rings. The lowest BCUT2D eigenvalue weighted by Crippen LogP contribution is -2.55. The highest BCUT2D eigenvalue weighted by Crippen LogP contribution is 2.02. The van der Waals surface area contributed by atoms with Crippen LogP contribution in [0.25, 0.3) is 0 Å². The fourth-order valence-corrected chi connectivity index (χ4v) is 10.6. The van der Waals surface area contributed by atoms with E-state index in [4.69, 9.17) is 4.74 Å². The van der Waals surface area contributed by atoms with Crippen LogP contribution in [0, 0.1) is 0 Å². The second-order valence-electron chi connectivity index (χ2n) is 5.94. The molecule has 4 heteroatoms. The number of hydrogen-bond donors (Lipinski definition) is 1. The van der Waals surface area contributed by atoms with Gasteiger partial charge in [-0.25, -0.2) is 0 Å². The van der Waals surface area contributed by atoms with Gasteiger partial charge in [-0.3, -0.25) is 0 Å². The van der Waals surface area contributed by atoms with Gasteiger partial charge >= 0.3 is 0 Å². The maximum atomic E-state index is 4.94. The molecule has 0 aliphatic carbocycles. The summed E-state index contributed by atoms with van der Waals surface area (Å²) in [5.41, 5.74) is 0. The van der Waals surface area contributed by atoms with Gasteiger partial charge in [-0.1, -0.05) is 39.3 Å². The maximum absolute atomic E-state index is 4.94. The molecule has 86 valence electrons. The SMILES string of the molecule is C1CCOC1.C[Si](C)(C)N[Si](C)(C)C. The molecule has 1 N–H and O–H groups in total. The van der Waals surface area contributed by atoms with Gasteiger partial charge < -0.3 is 9.38 Å². The summed E-state index contributed by atoms with van der Waals surface area (Å²) in [4.78, 5) is 0. The lowest BCUT2D eigenvalue weighted by molar-refractivity contribution is 0.198. The van der Waals surface area contributed by atoms with Crippen molar-refractivity contribution >= 4 is 16.5 Å². The van der Waals surface area contributed by atoms with E-state index in [1.165, 1.54) is 12.8 Å². The maximum Gasteiger partial charge on any atom is 0.109 e. The van der Waals surface area contributed by atoms with Crippen molar-refractivity contribution in [2.45, 2.75) is 52.1 Å². The van der Waals surface area contributed by atoms with E-state index in [9.17, 15) is 0 Å². The third kappa shape index (κ3) is 12.4. The Morgan fingerprint density at radius 1 is 0.786 bits per heavy atom. The molecule has 0 radical (unpaired) electrons. The molecule has 1 aliphatic rings. The molecular weight excluding hydrogens is 206 g/mol. The second-order valence-corrected chi connectivity index (χ2v) is 15.9. The zero-order valence-corrected chi connectivity index (χ0v) is 12.7. The number of hydrogen-bond acceptors (Lipinski definition) is 2. The van der Waals surface area contributed by atoms with Crippen LogP contribution in [0.15, 0.2) is 0 Å². The topological polar surface area (TPSA) is 21.3 Å². The summed E-state index contributed by atoms with van der Waals surface area (Å²) >= 11 is 0. The Morgan fingerprint density at radius 3 is 1.21 bits per heavy atom. The van der Waals surface area contributed by atoms with E-state index in [0.29, 0.717) is 0 Å². The third-order valence-electron chi connectivity index (χ3n) is 1.58. The molecule has 0 atom stereocenters. The van der Waals surface area contributed by atoms with Crippen LogP contribution in [0.5, 0.6) is 0 Å². The number of rotatable bonds is 2. The smallest absolute Gasteiger partial charge is 0.109 e. The summed E-state index contributed by atoms with van der Waals surface area (Å²) in [5.74, 6) is 0. The first-order valence-corrected chi connectivity index (χ1v) is 12.6. The van der Waals surface area contributed by atoms with Crippen LogP contribution in [0.1, 0.15) is 12.8 Å². The number of nitrogens with one attached hydrogen (secondary N) is 1. The molecule has 0 unspecified atom stereocenters. The molecule has 14 heavy (non-hydrogen) atoms. The largest absolute Gasteiger partial charge is 0.381 e. The van der Waals surface area contributed by atoms with Gasteiger partial charge in [0.1, 0.15) is 16.5 Å². The summed E-state index contributed by atoms with van der Waals surface area (Å²) in [6.45, 7) is 16.1. The standard InChI is InChI=1S/C6H19NSi2.C4H8O/c1-8(2,3)7-9(4,5)6;1-2-4-5-3-1/h7H,1-6H3;1-4H2. The lowest BCUT2D eigenvalue weighted by Gasteiger charge is -2.28. The minimum Gasteiger partial charge on any atom is -0.381 e. The van der Waals surface area contributed by atoms with Gasteiger partial charge in [0.05, 0.1) is 0 Å². The molecule has 1 rings (SSSR count). The molecule has 0 amide bonds. The van der Waals surface area contributed by atoms with Crippen molar-refractivity contribution < 1.29 is 4.74 Å². The van der Waals surface area contributed by atoms with Crippen molar-refractivity contribution in [3.05, 3.63) is 0 Å². The highest BCUT2D eigenvalue weighted by Gasteiger charge is 2.22. The molecule has 0 aromatic heterocycles. The minimum atomic E-state index is -0.981. The third-order valence-corrected chi connectivity index (χ3v) is 7.58. The Hall–Kier alpha value is 0.354. The average molecular weight is 234 g/mol. The Balaban J connectivity index is 0.000000280. The van der Waals surface area contributed by atoms with E-state index in [0.717, 1.165) is 13.2 Å². The van der Waals surface area contributed by atoms with Crippen LogP contribution < -0.4 is 4.65 Å². The summed E-state index contributed by atoms with van der Waals surface area (Å²) in [7, 11) is -1.96. The van der Waals surface area contributed by atoms with E-state index >= 15 is 0 Å². The predicted octanol–water partition coefficient (Wildman–Crippen LogP) is 3.04. The molecule has 0 aromatic rings. The summed E-state index contributed by atoms with van der Waals surface area (Å²) in [5, 5.41) is 0. The quantitative estimate of drug-likeness (QED) is 0.740. The van der Waals surface area contributed by atoms with Gasteiger partial charge in [-0.15, -0.1) is 0 Å². The molecule has 1 heterocycles. The van der Waals surface area contributed by atoms with Crippen molar-refractivity contribution in [3.63, 3.8) is 0 Å². The fraction of sp³-hybridized carbons (Fsp3) is 1.00. The zero-order valence-electron chi connectivity index (χ0n) is 10.7. The van der Waals surface area contributed by atoms with E-state index in [1.807, 2.05) is 0 Å². The summed E-state index contributed by atoms with van der Waals surface area (Å²) < 4.78 is 8.68. The van der Waals surface area contributed by atoms with Crippen molar-refractivity contribution in [2.24, 2.45) is 0 Å². The molecule has 1 saturated heterocycles. The van der Waals surface area contributed by atoms with Crippen LogP contribution in [-0.2, 0) is 4.74 Å². The lowest BCUT2D eigenvalue weighted by atomic mass is 10.4. The van der Waals surface area contributed by atoms with Crippen LogP contribution in [-0.4, -0.2) is 29.7 Å². The first-order valence-electron chi connectivity index (χ1n) is 5.58. The molecule has 0 aromatic carbocycles. The first-order chi connectivity index (χ1) is 6.21. The zero-order chi connectivity index (χ0) is 11.2. The van der Waals surface area contributed by atoms with Gasteiger partial charge in [0, 0.05) is 13.2 Å². The minimum absolute atomic E-state index is 0.981. The van der Waals surface area contributed by atoms with Gasteiger partial charge in [0.25, 0.3) is 0 Å². The Kier molecular flexibility index (Phi) is 6.20. The van der Waals surface area contributed by atoms with E-state index in [1.54, 1.807) is 0 Å². The molecular formula is C10H27NOSi2. The Morgan fingerprint density at radius 2 is 1.14 bits per heavy atom. The van der Waals surface area contributed by atoms with E-state index < -0.39 is 16.5 Å². The van der Waals surface area contributed by atoms with Gasteiger partial charge in [0.2, 0.25) is 0 Å². The average Bonchev–Trinajstić information content (AvgIpc) is 2.29. The van der Waals surface area contributed by atoms with Crippen molar-refractivity contribution in [1.82, 2.24) is 4.65 Å². The highest BCUT2D eigenvalue weighted by atomic mass is 28.4. The van der Waals surface area contributed by atoms with Gasteiger partial charge in [-0.05, 0) is 12.8 Å². The van der Waals surface area contributed by atoms with E-state index in [2.05, 4.69) is 43.9 Å². The molecule has 0 spiro atoms. The predicted molar refractivity (Wildman–Crippen MR) is 69.9 cm³/mol. The van der Waals surface area contributed by atoms with E-state index in [-0.39, 0.29) is 0 Å². The summed E-state index contributed by atoms with van der Waals surface area (Å²) in [6, 6.07) is 0. The fourth-order valence-electron chi connectivity index (χ4n) is 1.64.